The van der Waals surface area contributed by atoms with Gasteiger partial charge in [0.05, 0.1) is 24.3 Å². The largest absolute Gasteiger partial charge is 0.507 e. The second kappa shape index (κ2) is 12.0. The molecule has 0 radical (unpaired) electrons. The molecule has 4 rings (SSSR count). The van der Waals surface area contributed by atoms with Crippen LogP contribution in [-0.4, -0.2) is 48.1 Å². The third-order valence-electron chi connectivity index (χ3n) is 6.28. The molecule has 1 atom stereocenters. The number of ether oxygens (including phenoxy) is 3. The fourth-order valence-electron chi connectivity index (χ4n) is 4.39. The topological polar surface area (TPSA) is 85.3 Å². The van der Waals surface area contributed by atoms with Crippen LogP contribution in [0.5, 0.6) is 11.5 Å². The molecule has 7 heteroatoms. The van der Waals surface area contributed by atoms with Gasteiger partial charge in [-0.25, -0.2) is 0 Å². The number of benzene rings is 3. The molecule has 0 aliphatic carbocycles. The highest BCUT2D eigenvalue weighted by Gasteiger charge is 2.45. The van der Waals surface area contributed by atoms with Gasteiger partial charge in [-0.3, -0.25) is 9.59 Å². The molecule has 1 aliphatic heterocycles. The minimum atomic E-state index is -0.772. The number of nitrogens with zero attached hydrogens (tertiary/aromatic N) is 1. The normalized spacial score (nSPS) is 16.8. The van der Waals surface area contributed by atoms with Crippen LogP contribution < -0.4 is 9.47 Å². The lowest BCUT2D eigenvalue weighted by Crippen LogP contribution is -2.32. The van der Waals surface area contributed by atoms with Gasteiger partial charge in [0, 0.05) is 19.2 Å². The zero-order chi connectivity index (χ0) is 27.2. The van der Waals surface area contributed by atoms with Gasteiger partial charge < -0.3 is 24.2 Å². The summed E-state index contributed by atoms with van der Waals surface area (Å²) in [6, 6.07) is 21.4. The SMILES string of the molecule is COCCN1C(=O)C(=O)/C(=C(\O)c2cccc(OC(C)C)c2)C1c1ccc(OCc2ccc(C)cc2)cc1. The molecule has 3 aromatic carbocycles. The summed E-state index contributed by atoms with van der Waals surface area (Å²) in [7, 11) is 1.53. The predicted molar refractivity (Wildman–Crippen MR) is 145 cm³/mol. The van der Waals surface area contributed by atoms with E-state index < -0.39 is 17.7 Å². The highest BCUT2D eigenvalue weighted by atomic mass is 16.5. The minimum absolute atomic E-state index is 0.0288. The molecule has 1 unspecified atom stereocenters. The van der Waals surface area contributed by atoms with Crippen molar-refractivity contribution in [3.63, 3.8) is 0 Å². The molecule has 1 N–H and O–H groups in total. The van der Waals surface area contributed by atoms with Crippen LogP contribution in [0.25, 0.3) is 5.76 Å². The number of aryl methyl sites for hydroxylation is 1. The number of ketones is 1. The Labute approximate surface area is 223 Å². The third kappa shape index (κ3) is 6.06. The van der Waals surface area contributed by atoms with Crippen molar-refractivity contribution in [1.82, 2.24) is 4.90 Å². The second-order valence-corrected chi connectivity index (χ2v) is 9.52. The van der Waals surface area contributed by atoms with Crippen LogP contribution in [0.15, 0.2) is 78.4 Å². The summed E-state index contributed by atoms with van der Waals surface area (Å²) in [6.45, 7) is 6.71. The van der Waals surface area contributed by atoms with Crippen molar-refractivity contribution in [1.29, 1.82) is 0 Å². The van der Waals surface area contributed by atoms with Crippen LogP contribution in [0.3, 0.4) is 0 Å². The number of methoxy groups -OCH3 is 1. The Balaban J connectivity index is 1.66. The molecule has 1 aliphatic rings. The van der Waals surface area contributed by atoms with Gasteiger partial charge in [-0.15, -0.1) is 0 Å². The molecule has 3 aromatic rings. The Kier molecular flexibility index (Phi) is 8.48. The van der Waals surface area contributed by atoms with Crippen molar-refractivity contribution in [2.45, 2.75) is 39.5 Å². The Morgan fingerprint density at radius 1 is 0.974 bits per heavy atom. The van der Waals surface area contributed by atoms with Gasteiger partial charge in [-0.2, -0.15) is 0 Å². The van der Waals surface area contributed by atoms with E-state index in [0.29, 0.717) is 29.2 Å². The molecule has 1 fully saturated rings. The van der Waals surface area contributed by atoms with Crippen LogP contribution >= 0.6 is 0 Å². The highest BCUT2D eigenvalue weighted by molar-refractivity contribution is 6.46. The van der Waals surface area contributed by atoms with E-state index in [1.807, 2.05) is 57.2 Å². The van der Waals surface area contributed by atoms with Gasteiger partial charge in [-0.05, 0) is 56.2 Å². The first-order valence-corrected chi connectivity index (χ1v) is 12.6. The number of likely N-dealkylation sites (tertiary alicyclic amines) is 1. The fourth-order valence-corrected chi connectivity index (χ4v) is 4.39. The number of hydrogen-bond donors (Lipinski definition) is 1. The minimum Gasteiger partial charge on any atom is -0.507 e. The Bertz CT molecular complexity index is 1310. The average molecular weight is 516 g/mol. The van der Waals surface area contributed by atoms with Crippen molar-refractivity contribution in [3.8, 4) is 11.5 Å². The van der Waals surface area contributed by atoms with E-state index in [-0.39, 0.29) is 30.6 Å². The van der Waals surface area contributed by atoms with E-state index >= 15 is 0 Å². The summed E-state index contributed by atoms with van der Waals surface area (Å²) in [5.41, 5.74) is 3.34. The molecule has 1 heterocycles. The van der Waals surface area contributed by atoms with Gasteiger partial charge in [-0.1, -0.05) is 54.1 Å². The van der Waals surface area contributed by atoms with Gasteiger partial charge in [0.25, 0.3) is 11.7 Å². The first kappa shape index (κ1) is 26.9. The molecule has 0 bridgehead atoms. The quantitative estimate of drug-likeness (QED) is 0.220. The van der Waals surface area contributed by atoms with Crippen molar-refractivity contribution >= 4 is 17.4 Å². The summed E-state index contributed by atoms with van der Waals surface area (Å²) in [4.78, 5) is 27.7. The van der Waals surface area contributed by atoms with Crippen LogP contribution in [0.1, 0.15) is 42.1 Å². The monoisotopic (exact) mass is 515 g/mol. The molecule has 0 saturated carbocycles. The van der Waals surface area contributed by atoms with Crippen molar-refractivity contribution < 1.29 is 28.9 Å². The molecule has 1 amide bonds. The van der Waals surface area contributed by atoms with E-state index in [2.05, 4.69) is 0 Å². The number of amides is 1. The molecule has 0 spiro atoms. The standard InChI is InChI=1S/C31H33NO6/c1-20(2)38-26-7-5-6-24(18-26)29(33)27-28(32(16-17-36-4)31(35)30(27)34)23-12-14-25(15-13-23)37-19-22-10-8-21(3)9-11-22/h5-15,18,20,28,33H,16-17,19H2,1-4H3/b29-27-. The van der Waals surface area contributed by atoms with Gasteiger partial charge >= 0.3 is 0 Å². The lowest BCUT2D eigenvalue weighted by atomic mass is 9.95. The maximum Gasteiger partial charge on any atom is 0.295 e. The highest BCUT2D eigenvalue weighted by Crippen LogP contribution is 2.40. The molecular weight excluding hydrogens is 482 g/mol. The first-order valence-electron chi connectivity index (χ1n) is 12.6. The number of rotatable bonds is 10. The third-order valence-corrected chi connectivity index (χ3v) is 6.28. The van der Waals surface area contributed by atoms with Crippen LogP contribution in [0.4, 0.5) is 0 Å². The maximum absolute atomic E-state index is 13.2. The Morgan fingerprint density at radius 2 is 1.68 bits per heavy atom. The molecule has 0 aromatic heterocycles. The van der Waals surface area contributed by atoms with Gasteiger partial charge in [0.2, 0.25) is 0 Å². The number of aliphatic hydroxyl groups excluding tert-OH is 1. The zero-order valence-electron chi connectivity index (χ0n) is 22.1. The lowest BCUT2D eigenvalue weighted by molar-refractivity contribution is -0.140. The van der Waals surface area contributed by atoms with Crippen molar-refractivity contribution in [3.05, 3.63) is 101 Å². The van der Waals surface area contributed by atoms with Crippen LogP contribution in [-0.2, 0) is 20.9 Å². The van der Waals surface area contributed by atoms with Crippen molar-refractivity contribution in [2.24, 2.45) is 0 Å². The number of carbonyl (C=O) groups is 2. The number of aliphatic hydroxyl groups is 1. The maximum atomic E-state index is 13.2. The van der Waals surface area contributed by atoms with E-state index in [1.54, 1.807) is 36.4 Å². The summed E-state index contributed by atoms with van der Waals surface area (Å²) in [5.74, 6) is -0.450. The molecule has 38 heavy (non-hydrogen) atoms. The summed E-state index contributed by atoms with van der Waals surface area (Å²) >= 11 is 0. The van der Waals surface area contributed by atoms with Crippen LogP contribution in [0, 0.1) is 6.92 Å². The van der Waals surface area contributed by atoms with E-state index in [1.165, 1.54) is 17.6 Å². The zero-order valence-corrected chi connectivity index (χ0v) is 22.1. The van der Waals surface area contributed by atoms with E-state index in [9.17, 15) is 14.7 Å². The fraction of sp³-hybridized carbons (Fsp3) is 0.290. The predicted octanol–water partition coefficient (Wildman–Crippen LogP) is 5.43. The van der Waals surface area contributed by atoms with E-state index in [4.69, 9.17) is 14.2 Å². The second-order valence-electron chi connectivity index (χ2n) is 9.52. The Morgan fingerprint density at radius 3 is 2.34 bits per heavy atom. The molecule has 198 valence electrons. The lowest BCUT2D eigenvalue weighted by Gasteiger charge is -2.25. The average Bonchev–Trinajstić information content (AvgIpc) is 3.16. The van der Waals surface area contributed by atoms with Gasteiger partial charge in [0.1, 0.15) is 23.9 Å². The number of Topliss-reactive ketones (excluding diaryl/α,β-unsaturated/α-hetero) is 1. The van der Waals surface area contributed by atoms with E-state index in [0.717, 1.165) is 5.56 Å². The number of hydrogen-bond acceptors (Lipinski definition) is 6. The first-order chi connectivity index (χ1) is 18.3. The van der Waals surface area contributed by atoms with Crippen molar-refractivity contribution in [2.75, 3.05) is 20.3 Å². The van der Waals surface area contributed by atoms with Gasteiger partial charge in [0.15, 0.2) is 0 Å². The van der Waals surface area contributed by atoms with Crippen LogP contribution in [0.2, 0.25) is 0 Å². The summed E-state index contributed by atoms with van der Waals surface area (Å²) in [5, 5.41) is 11.3. The Hall–Kier alpha value is -4.10. The molecule has 1 saturated heterocycles. The molecule has 7 nitrogen and oxygen atoms in total. The number of carbonyl (C=O) groups excluding carboxylic acids is 2. The molecular formula is C31H33NO6. The summed E-state index contributed by atoms with van der Waals surface area (Å²) in [6.07, 6.45) is -0.0567. The smallest absolute Gasteiger partial charge is 0.295 e. The summed E-state index contributed by atoms with van der Waals surface area (Å²) < 4.78 is 16.9.